The fourth-order valence-electron chi connectivity index (χ4n) is 4.11. The number of thiazole rings is 1. The molecule has 1 aliphatic rings. The molecule has 1 aliphatic carbocycles. The van der Waals surface area contributed by atoms with Gasteiger partial charge < -0.3 is 25.2 Å². The molecule has 10 heteroatoms. The van der Waals surface area contributed by atoms with Crippen LogP contribution in [0.15, 0.2) is 48.5 Å². The van der Waals surface area contributed by atoms with Crippen LogP contribution in [-0.2, 0) is 20.8 Å². The molecule has 0 saturated heterocycles. The summed E-state index contributed by atoms with van der Waals surface area (Å²) >= 11 is 1.00. The number of fused-ring (bicyclic) bond motifs is 3. The van der Waals surface area contributed by atoms with E-state index >= 15 is 0 Å². The number of alkyl carbamates (subject to hydrolysis) is 1. The van der Waals surface area contributed by atoms with Crippen LogP contribution in [-0.4, -0.2) is 54.4 Å². The van der Waals surface area contributed by atoms with Crippen LogP contribution < -0.4 is 10.6 Å². The van der Waals surface area contributed by atoms with Crippen molar-refractivity contribution >= 4 is 29.3 Å². The van der Waals surface area contributed by atoms with Crippen molar-refractivity contribution in [2.45, 2.75) is 25.5 Å². The maximum atomic E-state index is 12.5. The number of rotatable bonds is 9. The lowest BCUT2D eigenvalue weighted by Gasteiger charge is -2.17. The van der Waals surface area contributed by atoms with E-state index in [9.17, 15) is 14.4 Å². The van der Waals surface area contributed by atoms with Crippen LogP contribution in [0.5, 0.6) is 0 Å². The van der Waals surface area contributed by atoms with Crippen LogP contribution in [0.1, 0.15) is 37.4 Å². The molecule has 0 spiro atoms. The van der Waals surface area contributed by atoms with E-state index in [2.05, 4.69) is 27.8 Å². The second-order valence-electron chi connectivity index (χ2n) is 7.98. The van der Waals surface area contributed by atoms with Gasteiger partial charge in [0.25, 0.3) is 5.91 Å². The van der Waals surface area contributed by atoms with Crippen LogP contribution in [0.25, 0.3) is 11.1 Å². The lowest BCUT2D eigenvalue weighted by atomic mass is 9.98. The Kier molecular flexibility index (Phi) is 7.42. The minimum atomic E-state index is -1.06. The SMILES string of the molecule is COC(CNC(=O)OCC1c2ccccc2-c2ccccc21)C(=O)NCc1nc(C)c(C(=O)O)s1. The molecule has 9 nitrogen and oxygen atoms in total. The van der Waals surface area contributed by atoms with Gasteiger partial charge >= 0.3 is 12.1 Å². The van der Waals surface area contributed by atoms with Gasteiger partial charge in [-0.15, -0.1) is 11.3 Å². The van der Waals surface area contributed by atoms with Gasteiger partial charge in [0.15, 0.2) is 6.10 Å². The molecule has 0 saturated carbocycles. The first-order chi connectivity index (χ1) is 16.9. The second-order valence-corrected chi connectivity index (χ2v) is 9.06. The van der Waals surface area contributed by atoms with Gasteiger partial charge in [0.05, 0.1) is 18.8 Å². The molecule has 3 aromatic rings. The summed E-state index contributed by atoms with van der Waals surface area (Å²) in [6.45, 7) is 1.74. The number of nitrogens with one attached hydrogen (secondary N) is 2. The topological polar surface area (TPSA) is 127 Å². The van der Waals surface area contributed by atoms with E-state index in [1.165, 1.54) is 7.11 Å². The smallest absolute Gasteiger partial charge is 0.407 e. The zero-order valence-electron chi connectivity index (χ0n) is 19.2. The van der Waals surface area contributed by atoms with Gasteiger partial charge in [-0.1, -0.05) is 48.5 Å². The number of aromatic nitrogens is 1. The summed E-state index contributed by atoms with van der Waals surface area (Å²) in [6.07, 6.45) is -1.60. The predicted molar refractivity (Wildman–Crippen MR) is 130 cm³/mol. The number of aryl methyl sites for hydroxylation is 1. The highest BCUT2D eigenvalue weighted by atomic mass is 32.1. The Morgan fingerprint density at radius 1 is 1.06 bits per heavy atom. The number of carbonyl (C=O) groups excluding carboxylic acids is 2. The van der Waals surface area contributed by atoms with Crippen molar-refractivity contribution in [2.75, 3.05) is 20.3 Å². The van der Waals surface area contributed by atoms with Crippen molar-refractivity contribution in [1.29, 1.82) is 0 Å². The van der Waals surface area contributed by atoms with Gasteiger partial charge in [0.1, 0.15) is 16.5 Å². The van der Waals surface area contributed by atoms with Crippen LogP contribution in [0.4, 0.5) is 4.79 Å². The molecule has 1 aromatic heterocycles. The van der Waals surface area contributed by atoms with Crippen molar-refractivity contribution in [3.05, 3.63) is 75.2 Å². The normalized spacial score (nSPS) is 13.0. The summed E-state index contributed by atoms with van der Waals surface area (Å²) in [5.74, 6) is -1.58. The summed E-state index contributed by atoms with van der Waals surface area (Å²) in [7, 11) is 1.36. The first-order valence-corrected chi connectivity index (χ1v) is 11.8. The molecule has 1 heterocycles. The van der Waals surface area contributed by atoms with Crippen LogP contribution in [0.3, 0.4) is 0 Å². The number of ether oxygens (including phenoxy) is 2. The summed E-state index contributed by atoms with van der Waals surface area (Å²) in [5, 5.41) is 14.8. The number of nitrogens with zero attached hydrogens (tertiary/aromatic N) is 1. The third-order valence-electron chi connectivity index (χ3n) is 5.80. The number of hydrogen-bond acceptors (Lipinski definition) is 7. The van der Waals surface area contributed by atoms with Crippen LogP contribution >= 0.6 is 11.3 Å². The molecule has 1 unspecified atom stereocenters. The van der Waals surface area contributed by atoms with Gasteiger partial charge in [0.2, 0.25) is 0 Å². The highest BCUT2D eigenvalue weighted by Gasteiger charge is 2.29. The Morgan fingerprint density at radius 2 is 1.69 bits per heavy atom. The molecule has 2 aromatic carbocycles. The Bertz CT molecular complexity index is 1210. The number of hydrogen-bond donors (Lipinski definition) is 3. The fraction of sp³-hybridized carbons (Fsp3) is 0.280. The summed E-state index contributed by atoms with van der Waals surface area (Å²) in [5.41, 5.74) is 4.89. The average molecular weight is 496 g/mol. The molecule has 0 aliphatic heterocycles. The quantitative estimate of drug-likeness (QED) is 0.416. The zero-order chi connectivity index (χ0) is 24.9. The number of amides is 2. The van der Waals surface area contributed by atoms with Crippen molar-refractivity contribution in [3.8, 4) is 11.1 Å². The van der Waals surface area contributed by atoms with Crippen molar-refractivity contribution in [2.24, 2.45) is 0 Å². The maximum Gasteiger partial charge on any atom is 0.407 e. The van der Waals surface area contributed by atoms with Gasteiger partial charge in [-0.3, -0.25) is 4.79 Å². The Labute approximate surface area is 206 Å². The first-order valence-electron chi connectivity index (χ1n) is 11.0. The molecule has 182 valence electrons. The molecule has 1 atom stereocenters. The van der Waals surface area contributed by atoms with Crippen molar-refractivity contribution in [1.82, 2.24) is 15.6 Å². The standard InChI is InChI=1S/C25H25N3O6S/c1-14-22(24(30)31)35-21(28-14)12-26-23(29)20(33-2)11-27-25(32)34-13-19-17-9-5-3-7-15(17)16-8-4-6-10-18(16)19/h3-10,19-20H,11-13H2,1-2H3,(H,26,29)(H,27,32)(H,30,31). The largest absolute Gasteiger partial charge is 0.477 e. The Balaban J connectivity index is 1.28. The second kappa shape index (κ2) is 10.7. The lowest BCUT2D eigenvalue weighted by molar-refractivity contribution is -0.130. The third-order valence-corrected chi connectivity index (χ3v) is 6.95. The molecule has 0 radical (unpaired) electrons. The number of benzene rings is 2. The van der Waals surface area contributed by atoms with E-state index in [-0.39, 0.29) is 30.5 Å². The van der Waals surface area contributed by atoms with Gasteiger partial charge in [-0.25, -0.2) is 14.6 Å². The minimum absolute atomic E-state index is 0.0580. The van der Waals surface area contributed by atoms with Gasteiger partial charge in [-0.05, 0) is 29.2 Å². The molecular weight excluding hydrogens is 470 g/mol. The number of carbonyl (C=O) groups is 3. The van der Waals surface area contributed by atoms with Crippen LogP contribution in [0, 0.1) is 6.92 Å². The number of methoxy groups -OCH3 is 1. The minimum Gasteiger partial charge on any atom is -0.477 e. The van der Waals surface area contributed by atoms with Crippen molar-refractivity contribution in [3.63, 3.8) is 0 Å². The van der Waals surface area contributed by atoms with E-state index in [4.69, 9.17) is 14.6 Å². The Morgan fingerprint density at radius 3 is 2.26 bits per heavy atom. The molecule has 2 amide bonds. The van der Waals surface area contributed by atoms with E-state index in [1.807, 2.05) is 36.4 Å². The third kappa shape index (κ3) is 5.33. The zero-order valence-corrected chi connectivity index (χ0v) is 20.1. The molecule has 0 bridgehead atoms. The van der Waals surface area contributed by atoms with Crippen LogP contribution in [0.2, 0.25) is 0 Å². The van der Waals surface area contributed by atoms with E-state index < -0.39 is 24.1 Å². The number of aromatic carboxylic acids is 1. The molecule has 35 heavy (non-hydrogen) atoms. The Hall–Kier alpha value is -3.76. The summed E-state index contributed by atoms with van der Waals surface area (Å²) in [4.78, 5) is 40.3. The molecule has 3 N–H and O–H groups in total. The first kappa shape index (κ1) is 24.4. The van der Waals surface area contributed by atoms with Gasteiger partial charge in [0, 0.05) is 13.0 Å². The number of carboxylic acids is 1. The van der Waals surface area contributed by atoms with E-state index in [0.29, 0.717) is 10.7 Å². The highest BCUT2D eigenvalue weighted by Crippen LogP contribution is 2.44. The van der Waals surface area contributed by atoms with Gasteiger partial charge in [-0.2, -0.15) is 0 Å². The average Bonchev–Trinajstić information content (AvgIpc) is 3.39. The number of carboxylic acid groups (broad SMARTS) is 1. The molecule has 4 rings (SSSR count). The van der Waals surface area contributed by atoms with Crippen molar-refractivity contribution < 1.29 is 29.0 Å². The molecule has 0 fully saturated rings. The monoisotopic (exact) mass is 495 g/mol. The summed E-state index contributed by atoms with van der Waals surface area (Å²) in [6, 6.07) is 16.1. The predicted octanol–water partition coefficient (Wildman–Crippen LogP) is 3.32. The fourth-order valence-corrected chi connectivity index (χ4v) is 4.95. The van der Waals surface area contributed by atoms with E-state index in [1.54, 1.807) is 6.92 Å². The van der Waals surface area contributed by atoms with E-state index in [0.717, 1.165) is 33.6 Å². The highest BCUT2D eigenvalue weighted by molar-refractivity contribution is 7.13. The maximum absolute atomic E-state index is 12.5. The molecular formula is C25H25N3O6S. The lowest BCUT2D eigenvalue weighted by Crippen LogP contribution is -2.43. The summed E-state index contributed by atoms with van der Waals surface area (Å²) < 4.78 is 10.7.